The fourth-order valence-electron chi connectivity index (χ4n) is 4.00. The number of rotatable bonds is 5. The maximum atomic E-state index is 13.7. The molecule has 1 N–H and O–H groups in total. The van der Waals surface area contributed by atoms with Crippen LogP contribution in [0.1, 0.15) is 31.0 Å². The predicted molar refractivity (Wildman–Crippen MR) is 121 cm³/mol. The van der Waals surface area contributed by atoms with Crippen LogP contribution in [0.5, 0.6) is 5.75 Å². The number of benzene rings is 2. The molecule has 1 saturated heterocycles. The van der Waals surface area contributed by atoms with Gasteiger partial charge in [-0.05, 0) is 85.3 Å². The Morgan fingerprint density at radius 1 is 0.971 bits per heavy atom. The van der Waals surface area contributed by atoms with Gasteiger partial charge in [-0.15, -0.1) is 0 Å². The van der Waals surface area contributed by atoms with Gasteiger partial charge in [-0.1, -0.05) is 12.1 Å². The lowest BCUT2D eigenvalue weighted by molar-refractivity contribution is -0.123. The van der Waals surface area contributed by atoms with Crippen LogP contribution in [0.25, 0.3) is 0 Å². The van der Waals surface area contributed by atoms with Gasteiger partial charge in [0.25, 0.3) is 5.91 Å². The molecule has 0 saturated carbocycles. The van der Waals surface area contributed by atoms with Crippen molar-refractivity contribution < 1.29 is 27.9 Å². The summed E-state index contributed by atoms with van der Waals surface area (Å²) in [6.07, 6.45) is 3.13. The van der Waals surface area contributed by atoms with Crippen LogP contribution in [0.15, 0.2) is 78.0 Å². The van der Waals surface area contributed by atoms with E-state index in [1.807, 2.05) is 0 Å². The maximum Gasteiger partial charge on any atom is 0.446 e. The van der Waals surface area contributed by atoms with Crippen molar-refractivity contribution >= 4 is 29.4 Å². The van der Waals surface area contributed by atoms with Crippen LogP contribution in [0.3, 0.4) is 0 Å². The Kier molecular flexibility index (Phi) is 6.03. The van der Waals surface area contributed by atoms with Crippen LogP contribution in [-0.2, 0) is 4.79 Å². The van der Waals surface area contributed by atoms with Crippen molar-refractivity contribution in [1.82, 2.24) is 9.88 Å². The zero-order valence-corrected chi connectivity index (χ0v) is 19.0. The van der Waals surface area contributed by atoms with Crippen LogP contribution >= 0.6 is 11.8 Å². The van der Waals surface area contributed by atoms with E-state index in [1.165, 1.54) is 41.3 Å². The summed E-state index contributed by atoms with van der Waals surface area (Å²) in [7, 11) is 0. The molecule has 1 atom stereocenters. The number of hydrogen-bond donors (Lipinski definition) is 1. The van der Waals surface area contributed by atoms with Gasteiger partial charge < -0.3 is 5.11 Å². The molecule has 3 aromatic rings. The number of urea groups is 1. The molecule has 10 heteroatoms. The molecule has 6 nitrogen and oxygen atoms in total. The van der Waals surface area contributed by atoms with Gasteiger partial charge in [-0.3, -0.25) is 14.7 Å². The van der Waals surface area contributed by atoms with Gasteiger partial charge in [0.1, 0.15) is 11.3 Å². The van der Waals surface area contributed by atoms with Gasteiger partial charge in [-0.25, -0.2) is 9.69 Å². The van der Waals surface area contributed by atoms with E-state index in [4.69, 9.17) is 0 Å². The molecule has 2 heterocycles. The second-order valence-electron chi connectivity index (χ2n) is 8.17. The molecule has 0 bridgehead atoms. The summed E-state index contributed by atoms with van der Waals surface area (Å²) < 4.78 is 38.0. The largest absolute Gasteiger partial charge is 0.508 e. The summed E-state index contributed by atoms with van der Waals surface area (Å²) in [6.45, 7) is 3.22. The molecule has 1 aliphatic rings. The molecule has 0 spiro atoms. The molecule has 34 heavy (non-hydrogen) atoms. The number of anilines is 1. The molecule has 0 aliphatic carbocycles. The van der Waals surface area contributed by atoms with E-state index < -0.39 is 29.0 Å². The number of aromatic nitrogens is 1. The zero-order valence-electron chi connectivity index (χ0n) is 18.2. The number of pyridine rings is 1. The van der Waals surface area contributed by atoms with Gasteiger partial charge in [0.2, 0.25) is 0 Å². The topological polar surface area (TPSA) is 73.7 Å². The Balaban J connectivity index is 1.77. The molecule has 1 aliphatic heterocycles. The van der Waals surface area contributed by atoms with Crippen molar-refractivity contribution in [2.24, 2.45) is 0 Å². The first kappa shape index (κ1) is 23.6. The Hall–Kier alpha value is -3.53. The normalized spacial score (nSPS) is 16.7. The van der Waals surface area contributed by atoms with Gasteiger partial charge >= 0.3 is 11.5 Å². The molecule has 2 aromatic carbocycles. The van der Waals surface area contributed by atoms with Crippen LogP contribution in [0.4, 0.5) is 23.7 Å². The molecular weight excluding hydrogens is 467 g/mol. The lowest BCUT2D eigenvalue weighted by Crippen LogP contribution is -2.46. The van der Waals surface area contributed by atoms with Crippen LogP contribution < -0.4 is 4.90 Å². The number of carbonyl (C=O) groups is 2. The highest BCUT2D eigenvalue weighted by Crippen LogP contribution is 2.43. The van der Waals surface area contributed by atoms with Crippen molar-refractivity contribution in [3.63, 3.8) is 0 Å². The van der Waals surface area contributed by atoms with Gasteiger partial charge in [0, 0.05) is 17.3 Å². The van der Waals surface area contributed by atoms with E-state index in [0.717, 1.165) is 4.90 Å². The SMILES string of the molecule is CC1(C)C(=O)N(c2ccc(SC(F)(F)F)cc2)C(=O)N1C(c1ccncc1)c1cccc(O)c1. The summed E-state index contributed by atoms with van der Waals surface area (Å²) in [4.78, 5) is 33.4. The van der Waals surface area contributed by atoms with Crippen LogP contribution in [0.2, 0.25) is 0 Å². The fourth-order valence-corrected chi connectivity index (χ4v) is 4.54. The summed E-state index contributed by atoms with van der Waals surface area (Å²) in [5.41, 5.74) is -4.32. The maximum absolute atomic E-state index is 13.7. The minimum absolute atomic E-state index is 0.00180. The summed E-state index contributed by atoms with van der Waals surface area (Å²) in [5, 5.41) is 10.1. The van der Waals surface area contributed by atoms with Crippen molar-refractivity contribution in [3.8, 4) is 5.75 Å². The van der Waals surface area contributed by atoms with E-state index in [9.17, 15) is 27.9 Å². The lowest BCUT2D eigenvalue weighted by Gasteiger charge is -2.36. The number of halogens is 3. The zero-order chi connectivity index (χ0) is 24.7. The first-order chi connectivity index (χ1) is 16.0. The van der Waals surface area contributed by atoms with Gasteiger partial charge in [0.15, 0.2) is 0 Å². The van der Waals surface area contributed by atoms with Gasteiger partial charge in [-0.2, -0.15) is 13.2 Å². The van der Waals surface area contributed by atoms with Crippen LogP contribution in [0, 0.1) is 0 Å². The number of imide groups is 1. The van der Waals surface area contributed by atoms with Crippen molar-refractivity contribution in [2.45, 2.75) is 35.8 Å². The number of carbonyl (C=O) groups excluding carboxylic acids is 2. The second kappa shape index (κ2) is 8.68. The molecule has 4 rings (SSSR count). The van der Waals surface area contributed by atoms with Crippen molar-refractivity contribution in [2.75, 3.05) is 4.90 Å². The molecule has 176 valence electrons. The summed E-state index contributed by atoms with van der Waals surface area (Å²) in [5.74, 6) is -0.519. The summed E-state index contributed by atoms with van der Waals surface area (Å²) in [6, 6.07) is 13.6. The minimum Gasteiger partial charge on any atom is -0.508 e. The number of phenols is 1. The quantitative estimate of drug-likeness (QED) is 0.367. The third-order valence-electron chi connectivity index (χ3n) is 5.52. The monoisotopic (exact) mass is 487 g/mol. The predicted octanol–water partition coefficient (Wildman–Crippen LogP) is 5.74. The number of amides is 3. The Bertz CT molecular complexity index is 1220. The molecular formula is C24H20F3N3O3S. The highest BCUT2D eigenvalue weighted by atomic mass is 32.2. The van der Waals surface area contributed by atoms with E-state index >= 15 is 0 Å². The average molecular weight is 488 g/mol. The van der Waals surface area contributed by atoms with E-state index in [-0.39, 0.29) is 28.1 Å². The summed E-state index contributed by atoms with van der Waals surface area (Å²) >= 11 is -0.274. The number of alkyl halides is 3. The standard InChI is InChI=1S/C24H20F3N3O3S/c1-23(2)21(32)29(17-6-8-19(9-7-17)34-24(25,26)27)22(33)30(23)20(15-10-12-28-13-11-15)16-4-3-5-18(31)14-16/h3-14,20,31H,1-2H3. The first-order valence-corrected chi connectivity index (χ1v) is 11.0. The number of thioether (sulfide) groups is 1. The Morgan fingerprint density at radius 3 is 2.21 bits per heavy atom. The van der Waals surface area contributed by atoms with Crippen LogP contribution in [-0.4, -0.2) is 38.0 Å². The highest BCUT2D eigenvalue weighted by molar-refractivity contribution is 8.00. The van der Waals surface area contributed by atoms with Crippen molar-refractivity contribution in [1.29, 1.82) is 0 Å². The van der Waals surface area contributed by atoms with E-state index in [2.05, 4.69) is 4.98 Å². The third-order valence-corrected chi connectivity index (χ3v) is 6.26. The Morgan fingerprint density at radius 2 is 1.62 bits per heavy atom. The van der Waals surface area contributed by atoms with Gasteiger partial charge in [0.05, 0.1) is 11.7 Å². The number of nitrogens with zero attached hydrogens (tertiary/aromatic N) is 3. The number of hydrogen-bond acceptors (Lipinski definition) is 5. The second-order valence-corrected chi connectivity index (χ2v) is 9.31. The highest BCUT2D eigenvalue weighted by Gasteiger charge is 2.55. The van der Waals surface area contributed by atoms with E-state index in [1.54, 1.807) is 50.5 Å². The Labute approximate surface area is 198 Å². The first-order valence-electron chi connectivity index (χ1n) is 10.2. The molecule has 1 fully saturated rings. The van der Waals surface area contributed by atoms with E-state index in [0.29, 0.717) is 11.1 Å². The smallest absolute Gasteiger partial charge is 0.446 e. The number of phenolic OH excluding ortho intramolecular Hbond substituents is 1. The average Bonchev–Trinajstić information content (AvgIpc) is 2.94. The molecule has 0 radical (unpaired) electrons. The van der Waals surface area contributed by atoms with Crippen molar-refractivity contribution in [3.05, 3.63) is 84.2 Å². The number of aromatic hydroxyl groups is 1. The molecule has 1 aromatic heterocycles. The fraction of sp³-hybridized carbons (Fsp3) is 0.208. The molecule has 3 amide bonds. The minimum atomic E-state index is -4.45. The molecule has 1 unspecified atom stereocenters. The third kappa shape index (κ3) is 4.45. The lowest BCUT2D eigenvalue weighted by atomic mass is 9.93.